The molecule has 11 heteroatoms. The molecule has 0 aliphatic rings. The number of aromatic nitrogens is 5. The summed E-state index contributed by atoms with van der Waals surface area (Å²) < 4.78 is 21.8. The fraction of sp³-hybridized carbons (Fsp3) is 0.147. The number of ether oxygens (including phenoxy) is 1. The Morgan fingerprint density at radius 3 is 2.47 bits per heavy atom. The molecule has 45 heavy (non-hydrogen) atoms. The zero-order valence-corrected chi connectivity index (χ0v) is 25.0. The number of anilines is 4. The lowest BCUT2D eigenvalue weighted by molar-refractivity contribution is 0.262. The molecule has 0 radical (unpaired) electrons. The van der Waals surface area contributed by atoms with Gasteiger partial charge in [-0.2, -0.15) is 5.10 Å². The number of halogens is 1. The summed E-state index contributed by atoms with van der Waals surface area (Å²) in [6.07, 6.45) is 6.53. The van der Waals surface area contributed by atoms with E-state index in [0.717, 1.165) is 22.0 Å². The highest BCUT2D eigenvalue weighted by molar-refractivity contribution is 6.07. The molecule has 0 aliphatic carbocycles. The van der Waals surface area contributed by atoms with Crippen LogP contribution in [-0.4, -0.2) is 30.8 Å². The van der Waals surface area contributed by atoms with E-state index in [0.29, 0.717) is 41.2 Å². The summed E-state index contributed by atoms with van der Waals surface area (Å²) in [5.74, 6) is 1.90. The maximum absolute atomic E-state index is 14.0. The highest BCUT2D eigenvalue weighted by Gasteiger charge is 2.22. The maximum atomic E-state index is 14.0. The average molecular weight is 603 g/mol. The number of pyridine rings is 1. The molecule has 0 bridgehead atoms. The molecule has 10 nitrogen and oxygen atoms in total. The first-order valence-electron chi connectivity index (χ1n) is 14.3. The molecule has 0 fully saturated rings. The number of fused-ring (bicyclic) bond motifs is 1. The van der Waals surface area contributed by atoms with Crippen LogP contribution < -0.4 is 20.7 Å². The number of benzene rings is 3. The summed E-state index contributed by atoms with van der Waals surface area (Å²) in [5, 5.41) is 15.3. The highest BCUT2D eigenvalue weighted by Crippen LogP contribution is 2.33. The first-order chi connectivity index (χ1) is 21.7. The van der Waals surface area contributed by atoms with E-state index >= 15 is 0 Å². The van der Waals surface area contributed by atoms with E-state index < -0.39 is 11.8 Å². The minimum absolute atomic E-state index is 0.289. The van der Waals surface area contributed by atoms with Gasteiger partial charge in [0.15, 0.2) is 0 Å². The van der Waals surface area contributed by atoms with Crippen molar-refractivity contribution in [3.05, 3.63) is 121 Å². The molecule has 2 amide bonds. The van der Waals surface area contributed by atoms with Gasteiger partial charge in [0.25, 0.3) is 0 Å². The van der Waals surface area contributed by atoms with Crippen LogP contribution in [0.4, 0.5) is 32.3 Å². The molecular weight excluding hydrogens is 571 g/mol. The van der Waals surface area contributed by atoms with Crippen molar-refractivity contribution in [2.24, 2.45) is 0 Å². The summed E-state index contributed by atoms with van der Waals surface area (Å²) >= 11 is 0. The molecule has 6 rings (SSSR count). The molecule has 0 saturated heterocycles. The summed E-state index contributed by atoms with van der Waals surface area (Å²) in [6, 6.07) is 22.5. The molecular formula is C34H31FN8O2. The summed E-state index contributed by atoms with van der Waals surface area (Å²) in [5.41, 5.74) is 2.47. The van der Waals surface area contributed by atoms with Crippen molar-refractivity contribution < 1.29 is 13.9 Å². The predicted octanol–water partition coefficient (Wildman–Crippen LogP) is 7.61. The van der Waals surface area contributed by atoms with Gasteiger partial charge in [0.1, 0.15) is 35.6 Å². The Balaban J connectivity index is 1.20. The van der Waals surface area contributed by atoms with Crippen molar-refractivity contribution in [3.63, 3.8) is 0 Å². The normalized spacial score (nSPS) is 11.3. The molecule has 0 unspecified atom stereocenters. The first kappa shape index (κ1) is 29.2. The van der Waals surface area contributed by atoms with Crippen molar-refractivity contribution in [2.45, 2.75) is 32.8 Å². The third-order valence-corrected chi connectivity index (χ3v) is 6.94. The topological polar surface area (TPSA) is 119 Å². The number of urea groups is 1. The molecule has 6 aromatic rings. The SMILES string of the molecule is CC(C)(C)c1cc(NC(=O)Nc2ccc(OCc3ccnc(Nc4cnccn4)c3)c3ccccc23)n(-c2cccc(F)c2)n1. The molecule has 0 aliphatic heterocycles. The Hall–Kier alpha value is -5.84. The van der Waals surface area contributed by atoms with Gasteiger partial charge in [0, 0.05) is 40.8 Å². The van der Waals surface area contributed by atoms with Crippen molar-refractivity contribution in [2.75, 3.05) is 16.0 Å². The molecule has 3 aromatic carbocycles. The lowest BCUT2D eigenvalue weighted by Gasteiger charge is -2.15. The zero-order valence-electron chi connectivity index (χ0n) is 25.0. The van der Waals surface area contributed by atoms with Gasteiger partial charge >= 0.3 is 6.03 Å². The standard InChI is InChI=1S/C34H31FN8O2/c1-34(2,3)29-19-32(43(42-29)24-8-6-7-23(35)18-24)41-33(44)39-27-11-12-28(26-10-5-4-9-25(26)27)45-21-22-13-14-37-30(17-22)40-31-20-36-15-16-38-31/h4-20H,21H2,1-3H3,(H,37,38,40)(H2,39,41,44). The lowest BCUT2D eigenvalue weighted by atomic mass is 9.92. The van der Waals surface area contributed by atoms with E-state index in [9.17, 15) is 9.18 Å². The molecule has 3 N–H and O–H groups in total. The number of carbonyl (C=O) groups excluding carboxylic acids is 1. The quantitative estimate of drug-likeness (QED) is 0.164. The van der Waals surface area contributed by atoms with Gasteiger partial charge < -0.3 is 15.4 Å². The lowest BCUT2D eigenvalue weighted by Crippen LogP contribution is -2.21. The van der Waals surface area contributed by atoms with E-state index in [1.54, 1.807) is 49.1 Å². The number of carbonyl (C=O) groups is 1. The van der Waals surface area contributed by atoms with E-state index in [2.05, 4.69) is 36.0 Å². The van der Waals surface area contributed by atoms with Crippen LogP contribution in [0.2, 0.25) is 0 Å². The zero-order chi connectivity index (χ0) is 31.4. The van der Waals surface area contributed by atoms with Crippen molar-refractivity contribution in [1.29, 1.82) is 0 Å². The average Bonchev–Trinajstić information content (AvgIpc) is 3.46. The third-order valence-electron chi connectivity index (χ3n) is 6.94. The predicted molar refractivity (Wildman–Crippen MR) is 173 cm³/mol. The fourth-order valence-corrected chi connectivity index (χ4v) is 4.71. The van der Waals surface area contributed by atoms with Gasteiger partial charge in [-0.05, 0) is 48.0 Å². The maximum Gasteiger partial charge on any atom is 0.324 e. The van der Waals surface area contributed by atoms with Crippen LogP contribution in [0.5, 0.6) is 5.75 Å². The first-order valence-corrected chi connectivity index (χ1v) is 14.3. The number of hydrogen-bond acceptors (Lipinski definition) is 7. The second-order valence-electron chi connectivity index (χ2n) is 11.3. The van der Waals surface area contributed by atoms with Crippen LogP contribution >= 0.6 is 0 Å². The van der Waals surface area contributed by atoms with Crippen molar-refractivity contribution in [3.8, 4) is 11.4 Å². The van der Waals surface area contributed by atoms with E-state index in [4.69, 9.17) is 4.74 Å². The molecule has 3 heterocycles. The molecule has 3 aromatic heterocycles. The number of amides is 2. The summed E-state index contributed by atoms with van der Waals surface area (Å²) in [4.78, 5) is 25.9. The van der Waals surface area contributed by atoms with E-state index in [1.807, 2.05) is 63.2 Å². The van der Waals surface area contributed by atoms with Gasteiger partial charge in [-0.1, -0.05) is 51.1 Å². The smallest absolute Gasteiger partial charge is 0.324 e. The van der Waals surface area contributed by atoms with E-state index in [-0.39, 0.29) is 5.41 Å². The van der Waals surface area contributed by atoms with Crippen LogP contribution in [0, 0.1) is 5.82 Å². The third kappa shape index (κ3) is 6.88. The number of nitrogens with zero attached hydrogens (tertiary/aromatic N) is 5. The van der Waals surface area contributed by atoms with Crippen LogP contribution in [0.1, 0.15) is 32.0 Å². The molecule has 226 valence electrons. The largest absolute Gasteiger partial charge is 0.488 e. The Kier molecular flexibility index (Phi) is 8.06. The molecule has 0 saturated carbocycles. The second-order valence-corrected chi connectivity index (χ2v) is 11.3. The van der Waals surface area contributed by atoms with Gasteiger partial charge in [-0.3, -0.25) is 10.3 Å². The molecule has 0 spiro atoms. The fourth-order valence-electron chi connectivity index (χ4n) is 4.71. The molecule has 0 atom stereocenters. The second kappa shape index (κ2) is 12.4. The Bertz CT molecular complexity index is 1970. The van der Waals surface area contributed by atoms with Crippen molar-refractivity contribution in [1.82, 2.24) is 24.7 Å². The highest BCUT2D eigenvalue weighted by atomic mass is 19.1. The van der Waals surface area contributed by atoms with Crippen LogP contribution in [0.3, 0.4) is 0 Å². The minimum atomic E-state index is -0.466. The number of nitrogens with one attached hydrogen (secondary N) is 3. The van der Waals surface area contributed by atoms with Crippen LogP contribution in [-0.2, 0) is 12.0 Å². The Morgan fingerprint density at radius 2 is 1.69 bits per heavy atom. The van der Waals surface area contributed by atoms with Crippen LogP contribution in [0.25, 0.3) is 16.5 Å². The Morgan fingerprint density at radius 1 is 0.867 bits per heavy atom. The minimum Gasteiger partial charge on any atom is -0.488 e. The number of rotatable bonds is 8. The summed E-state index contributed by atoms with van der Waals surface area (Å²) in [6.45, 7) is 6.37. The van der Waals surface area contributed by atoms with Gasteiger partial charge in [-0.15, -0.1) is 0 Å². The van der Waals surface area contributed by atoms with E-state index in [1.165, 1.54) is 16.8 Å². The Labute approximate surface area is 259 Å². The number of hydrogen-bond donors (Lipinski definition) is 3. The van der Waals surface area contributed by atoms with Gasteiger partial charge in [0.2, 0.25) is 0 Å². The van der Waals surface area contributed by atoms with Gasteiger partial charge in [-0.25, -0.2) is 23.8 Å². The monoisotopic (exact) mass is 602 g/mol. The summed E-state index contributed by atoms with van der Waals surface area (Å²) in [7, 11) is 0. The van der Waals surface area contributed by atoms with Gasteiger partial charge in [0.05, 0.1) is 23.3 Å². The van der Waals surface area contributed by atoms with Crippen molar-refractivity contribution >= 4 is 39.9 Å². The van der Waals surface area contributed by atoms with Crippen LogP contribution in [0.15, 0.2) is 104 Å².